The lowest BCUT2D eigenvalue weighted by molar-refractivity contribution is 0.373. The van der Waals surface area contributed by atoms with Gasteiger partial charge in [-0.2, -0.15) is 5.10 Å². The molecule has 110 valence electrons. The van der Waals surface area contributed by atoms with Gasteiger partial charge in [0.2, 0.25) is 0 Å². The molecule has 0 spiro atoms. The van der Waals surface area contributed by atoms with Crippen LogP contribution in [0.2, 0.25) is 0 Å². The Morgan fingerprint density at radius 2 is 2.00 bits per heavy atom. The molecule has 0 radical (unpaired) electrons. The van der Waals surface area contributed by atoms with Crippen molar-refractivity contribution >= 4 is 11.5 Å². The lowest BCUT2D eigenvalue weighted by Gasteiger charge is -2.22. The van der Waals surface area contributed by atoms with Gasteiger partial charge in [-0.05, 0) is 62.5 Å². The maximum Gasteiger partial charge on any atom is 0.155 e. The highest BCUT2D eigenvalue weighted by Crippen LogP contribution is 2.21. The first-order valence-corrected chi connectivity index (χ1v) is 7.65. The SMILES string of the molecule is CN(c1ccccc1)c1ccc(CC2CCCNC2)nn1. The van der Waals surface area contributed by atoms with E-state index in [9.17, 15) is 0 Å². The number of hydrogen-bond donors (Lipinski definition) is 1. The second kappa shape index (κ2) is 6.68. The van der Waals surface area contributed by atoms with Crippen LogP contribution in [0.1, 0.15) is 18.5 Å². The van der Waals surface area contributed by atoms with Crippen molar-refractivity contribution in [3.63, 3.8) is 0 Å². The molecule has 0 amide bonds. The number of para-hydroxylation sites is 1. The van der Waals surface area contributed by atoms with E-state index >= 15 is 0 Å². The molecule has 1 fully saturated rings. The third-order valence-electron chi connectivity index (χ3n) is 4.09. The largest absolute Gasteiger partial charge is 0.328 e. The molecule has 3 rings (SSSR count). The number of anilines is 2. The van der Waals surface area contributed by atoms with Crippen molar-refractivity contribution in [2.75, 3.05) is 25.0 Å². The van der Waals surface area contributed by atoms with Crippen LogP contribution in [0.3, 0.4) is 0 Å². The molecule has 2 aromatic rings. The molecule has 1 aliphatic rings. The summed E-state index contributed by atoms with van der Waals surface area (Å²) in [6.45, 7) is 2.26. The smallest absolute Gasteiger partial charge is 0.155 e. The Bertz CT molecular complexity index is 547. The Labute approximate surface area is 126 Å². The maximum absolute atomic E-state index is 4.40. The predicted molar refractivity (Wildman–Crippen MR) is 85.8 cm³/mol. The molecule has 2 heterocycles. The van der Waals surface area contributed by atoms with Gasteiger partial charge in [0, 0.05) is 12.7 Å². The number of hydrogen-bond acceptors (Lipinski definition) is 4. The minimum absolute atomic E-state index is 0.700. The lowest BCUT2D eigenvalue weighted by Crippen LogP contribution is -2.31. The Hall–Kier alpha value is -1.94. The molecule has 21 heavy (non-hydrogen) atoms. The average Bonchev–Trinajstić information content (AvgIpc) is 2.57. The van der Waals surface area contributed by atoms with Crippen LogP contribution in [0.4, 0.5) is 11.5 Å². The van der Waals surface area contributed by atoms with E-state index in [0.29, 0.717) is 5.92 Å². The van der Waals surface area contributed by atoms with Gasteiger partial charge in [-0.3, -0.25) is 0 Å². The van der Waals surface area contributed by atoms with Crippen molar-refractivity contribution in [1.82, 2.24) is 15.5 Å². The van der Waals surface area contributed by atoms with E-state index in [1.807, 2.05) is 25.2 Å². The van der Waals surface area contributed by atoms with Gasteiger partial charge >= 0.3 is 0 Å². The molecule has 1 saturated heterocycles. The van der Waals surface area contributed by atoms with E-state index in [1.165, 1.54) is 12.8 Å². The summed E-state index contributed by atoms with van der Waals surface area (Å²) in [5, 5.41) is 12.2. The molecular weight excluding hydrogens is 260 g/mol. The predicted octanol–water partition coefficient (Wildman–Crippen LogP) is 2.79. The number of nitrogens with zero attached hydrogens (tertiary/aromatic N) is 3. The zero-order valence-corrected chi connectivity index (χ0v) is 12.5. The fourth-order valence-electron chi connectivity index (χ4n) is 2.82. The van der Waals surface area contributed by atoms with Crippen molar-refractivity contribution in [3.8, 4) is 0 Å². The summed E-state index contributed by atoms with van der Waals surface area (Å²) in [5.74, 6) is 1.58. The lowest BCUT2D eigenvalue weighted by atomic mass is 9.95. The first-order chi connectivity index (χ1) is 10.3. The molecule has 1 unspecified atom stereocenters. The quantitative estimate of drug-likeness (QED) is 0.936. The second-order valence-electron chi connectivity index (χ2n) is 5.69. The van der Waals surface area contributed by atoms with Crippen LogP contribution in [-0.2, 0) is 6.42 Å². The summed E-state index contributed by atoms with van der Waals surface area (Å²) in [5.41, 5.74) is 2.21. The molecule has 1 N–H and O–H groups in total. The number of rotatable bonds is 4. The van der Waals surface area contributed by atoms with E-state index in [2.05, 4.69) is 44.7 Å². The molecule has 0 bridgehead atoms. The summed E-state index contributed by atoms with van der Waals surface area (Å²) in [7, 11) is 2.02. The van der Waals surface area contributed by atoms with E-state index in [1.54, 1.807) is 0 Å². The molecule has 0 aliphatic carbocycles. The van der Waals surface area contributed by atoms with Crippen LogP contribution in [0, 0.1) is 5.92 Å². The van der Waals surface area contributed by atoms with Crippen molar-refractivity contribution < 1.29 is 0 Å². The van der Waals surface area contributed by atoms with E-state index < -0.39 is 0 Å². The third kappa shape index (κ3) is 3.58. The zero-order valence-electron chi connectivity index (χ0n) is 12.5. The number of aromatic nitrogens is 2. The van der Waals surface area contributed by atoms with Gasteiger partial charge in [0.05, 0.1) is 5.69 Å². The molecule has 4 heteroatoms. The topological polar surface area (TPSA) is 41.0 Å². The van der Waals surface area contributed by atoms with Gasteiger partial charge in [0.15, 0.2) is 5.82 Å². The van der Waals surface area contributed by atoms with Gasteiger partial charge in [-0.25, -0.2) is 0 Å². The van der Waals surface area contributed by atoms with Crippen LogP contribution < -0.4 is 10.2 Å². The first kappa shape index (κ1) is 14.0. The van der Waals surface area contributed by atoms with Gasteiger partial charge in [0.1, 0.15) is 0 Å². The standard InChI is InChI=1S/C17H22N4/c1-21(16-7-3-2-4-8-16)17-10-9-15(19-20-17)12-14-6-5-11-18-13-14/h2-4,7-10,14,18H,5-6,11-13H2,1H3. The minimum Gasteiger partial charge on any atom is -0.328 e. The zero-order chi connectivity index (χ0) is 14.5. The van der Waals surface area contributed by atoms with Crippen LogP contribution >= 0.6 is 0 Å². The second-order valence-corrected chi connectivity index (χ2v) is 5.69. The van der Waals surface area contributed by atoms with Crippen LogP contribution in [0.25, 0.3) is 0 Å². The number of piperidine rings is 1. The fraction of sp³-hybridized carbons (Fsp3) is 0.412. The van der Waals surface area contributed by atoms with Crippen molar-refractivity contribution in [1.29, 1.82) is 0 Å². The van der Waals surface area contributed by atoms with Gasteiger partial charge in [-0.15, -0.1) is 5.10 Å². The summed E-state index contributed by atoms with van der Waals surface area (Å²) in [6.07, 6.45) is 3.59. The van der Waals surface area contributed by atoms with Crippen LogP contribution in [-0.4, -0.2) is 30.3 Å². The van der Waals surface area contributed by atoms with E-state index in [4.69, 9.17) is 0 Å². The molecule has 4 nitrogen and oxygen atoms in total. The normalized spacial score (nSPS) is 18.4. The number of benzene rings is 1. The van der Waals surface area contributed by atoms with Crippen molar-refractivity contribution in [3.05, 3.63) is 48.2 Å². The van der Waals surface area contributed by atoms with Gasteiger partial charge in [-0.1, -0.05) is 18.2 Å². The highest BCUT2D eigenvalue weighted by atomic mass is 15.2. The molecule has 1 aliphatic heterocycles. The summed E-state index contributed by atoms with van der Waals surface area (Å²) in [6, 6.07) is 14.4. The Morgan fingerprint density at radius 3 is 2.67 bits per heavy atom. The maximum atomic E-state index is 4.40. The highest BCUT2D eigenvalue weighted by molar-refractivity contribution is 5.58. The Kier molecular flexibility index (Phi) is 4.46. The van der Waals surface area contributed by atoms with Crippen LogP contribution in [0.5, 0.6) is 0 Å². The molecule has 1 aromatic carbocycles. The number of nitrogens with one attached hydrogen (secondary N) is 1. The highest BCUT2D eigenvalue weighted by Gasteiger charge is 2.14. The molecule has 1 aromatic heterocycles. The monoisotopic (exact) mass is 282 g/mol. The summed E-state index contributed by atoms with van der Waals surface area (Å²) >= 11 is 0. The van der Waals surface area contributed by atoms with Crippen molar-refractivity contribution in [2.45, 2.75) is 19.3 Å². The Balaban J connectivity index is 1.66. The minimum atomic E-state index is 0.700. The van der Waals surface area contributed by atoms with E-state index in [0.717, 1.165) is 36.7 Å². The van der Waals surface area contributed by atoms with Gasteiger partial charge in [0.25, 0.3) is 0 Å². The fourth-order valence-corrected chi connectivity index (χ4v) is 2.82. The average molecular weight is 282 g/mol. The Morgan fingerprint density at radius 1 is 1.14 bits per heavy atom. The van der Waals surface area contributed by atoms with Crippen LogP contribution in [0.15, 0.2) is 42.5 Å². The summed E-state index contributed by atoms with van der Waals surface area (Å²) < 4.78 is 0. The van der Waals surface area contributed by atoms with Crippen molar-refractivity contribution in [2.24, 2.45) is 5.92 Å². The van der Waals surface area contributed by atoms with E-state index in [-0.39, 0.29) is 0 Å². The molecular formula is C17H22N4. The van der Waals surface area contributed by atoms with Gasteiger partial charge < -0.3 is 10.2 Å². The molecule has 0 saturated carbocycles. The first-order valence-electron chi connectivity index (χ1n) is 7.65. The molecule has 1 atom stereocenters. The summed E-state index contributed by atoms with van der Waals surface area (Å²) in [4.78, 5) is 2.05. The third-order valence-corrected chi connectivity index (χ3v) is 4.09.